The number of rotatable bonds is 2. The maximum atomic E-state index is 10.4. The second kappa shape index (κ2) is 8.89. The summed E-state index contributed by atoms with van der Waals surface area (Å²) in [6.45, 7) is 1.91. The average Bonchev–Trinajstić information content (AvgIpc) is 2.28. The van der Waals surface area contributed by atoms with Gasteiger partial charge in [0.25, 0.3) is 0 Å². The zero-order chi connectivity index (χ0) is 12.4. The Kier molecular flexibility index (Phi) is 8.13. The summed E-state index contributed by atoms with van der Waals surface area (Å²) >= 11 is 0. The minimum atomic E-state index is -0.546. The number of allylic oxidation sites excluding steroid dienone is 1. The van der Waals surface area contributed by atoms with Crippen LogP contribution in [0.1, 0.15) is 12.5 Å². The van der Waals surface area contributed by atoms with Crippen LogP contribution in [0.5, 0.6) is 0 Å². The van der Waals surface area contributed by atoms with Gasteiger partial charge in [-0.05, 0) is 18.1 Å². The molecule has 0 unspecified atom stereocenters. The van der Waals surface area contributed by atoms with Crippen LogP contribution >= 0.6 is 0 Å². The van der Waals surface area contributed by atoms with Gasteiger partial charge in [-0.25, -0.2) is 4.79 Å². The van der Waals surface area contributed by atoms with Crippen molar-refractivity contribution < 1.29 is 8.91 Å². The molecule has 16 heavy (non-hydrogen) atoms. The van der Waals surface area contributed by atoms with E-state index < -0.39 is 6.03 Å². The third kappa shape index (κ3) is 6.99. The zero-order valence-electron chi connectivity index (χ0n) is 9.86. The number of nitrogens with two attached hydrogens (primary N) is 1. The number of hydrogen-bond donors (Lipinski definition) is 2. The Morgan fingerprint density at radius 3 is 2.31 bits per heavy atom. The summed E-state index contributed by atoms with van der Waals surface area (Å²) in [6.07, 6.45) is 1.59. The van der Waals surface area contributed by atoms with Gasteiger partial charge in [-0.15, -0.1) is 0 Å². The van der Waals surface area contributed by atoms with Gasteiger partial charge in [0.15, 0.2) is 0 Å². The van der Waals surface area contributed by atoms with E-state index in [2.05, 4.69) is 9.43 Å². The van der Waals surface area contributed by atoms with Crippen LogP contribution in [0.3, 0.4) is 0 Å². The van der Waals surface area contributed by atoms with E-state index in [1.165, 1.54) is 0 Å². The maximum Gasteiger partial charge on any atom is 0.316 e. The van der Waals surface area contributed by atoms with Crippen molar-refractivity contribution in [1.29, 1.82) is 0 Å². The molecule has 4 nitrogen and oxygen atoms in total. The lowest BCUT2D eigenvalue weighted by Crippen LogP contribution is -2.24. The summed E-state index contributed by atoms with van der Waals surface area (Å²) in [5.41, 5.74) is 6.96. The van der Waals surface area contributed by atoms with Crippen molar-refractivity contribution in [3.8, 4) is 0 Å². The van der Waals surface area contributed by atoms with Crippen molar-refractivity contribution in [3.05, 3.63) is 42.1 Å². The van der Waals surface area contributed by atoms with Crippen molar-refractivity contribution in [2.24, 2.45) is 5.73 Å². The van der Waals surface area contributed by atoms with Gasteiger partial charge in [0, 0.05) is 6.20 Å². The Morgan fingerprint density at radius 2 is 1.88 bits per heavy atom. The van der Waals surface area contributed by atoms with Gasteiger partial charge in [0.05, 0.1) is 0 Å². The largest absolute Gasteiger partial charge is 0.471 e. The number of carbonyl (C=O) groups is 1. The first kappa shape index (κ1) is 14.6. The van der Waals surface area contributed by atoms with E-state index >= 15 is 0 Å². The standard InChI is InChI=1S/C10H12N2O.H6OSi2/c1-8(7-12-10(11)13)9-5-3-2-4-6-9;2-1-3/h2-7H,1H3,(H3,11,12,13);2-3H3. The first-order valence-corrected chi connectivity index (χ1v) is 6.43. The zero-order valence-corrected chi connectivity index (χ0v) is 13.9. The van der Waals surface area contributed by atoms with Gasteiger partial charge in [0.1, 0.15) is 21.0 Å². The molecule has 1 rings (SSSR count). The van der Waals surface area contributed by atoms with E-state index in [0.717, 1.165) is 32.1 Å². The first-order valence-electron chi connectivity index (χ1n) is 4.80. The van der Waals surface area contributed by atoms with Gasteiger partial charge in [0.2, 0.25) is 0 Å². The van der Waals surface area contributed by atoms with Crippen molar-refractivity contribution in [1.82, 2.24) is 5.32 Å². The fourth-order valence-electron chi connectivity index (χ4n) is 0.964. The molecule has 2 amide bonds. The van der Waals surface area contributed by atoms with Gasteiger partial charge < -0.3 is 15.2 Å². The SMILES string of the molecule is CC(=CNC(N)=O)c1ccccc1.[SiH3]O[SiH3]. The molecule has 0 radical (unpaired) electrons. The highest BCUT2D eigenvalue weighted by atomic mass is 28.3. The molecule has 0 heterocycles. The van der Waals surface area contributed by atoms with Crippen molar-refractivity contribution in [2.75, 3.05) is 0 Å². The summed E-state index contributed by atoms with van der Waals surface area (Å²) in [5.74, 6) is 0. The van der Waals surface area contributed by atoms with Gasteiger partial charge in [-0.2, -0.15) is 0 Å². The maximum absolute atomic E-state index is 10.4. The molecule has 0 aliphatic heterocycles. The highest BCUT2D eigenvalue weighted by Gasteiger charge is 1.93. The highest BCUT2D eigenvalue weighted by Crippen LogP contribution is 2.10. The highest BCUT2D eigenvalue weighted by molar-refractivity contribution is 6.15. The fourth-order valence-corrected chi connectivity index (χ4v) is 0.964. The lowest BCUT2D eigenvalue weighted by molar-refractivity contribution is 0.252. The molecular formula is C10H18N2O2Si2. The molecule has 0 saturated carbocycles. The summed E-state index contributed by atoms with van der Waals surface area (Å²) in [7, 11) is 1.86. The molecule has 0 aliphatic rings. The molecule has 0 fully saturated rings. The quantitative estimate of drug-likeness (QED) is 0.684. The van der Waals surface area contributed by atoms with Crippen LogP contribution < -0.4 is 11.1 Å². The minimum Gasteiger partial charge on any atom is -0.471 e. The Balaban J connectivity index is 0.000000673. The smallest absolute Gasteiger partial charge is 0.316 e. The molecule has 3 N–H and O–H groups in total. The first-order chi connectivity index (χ1) is 7.61. The summed E-state index contributed by atoms with van der Waals surface area (Å²) in [5, 5.41) is 2.42. The molecule has 0 spiro atoms. The van der Waals surface area contributed by atoms with Crippen molar-refractivity contribution in [2.45, 2.75) is 6.92 Å². The second-order valence-corrected chi connectivity index (χ2v) is 6.38. The number of hydrogen-bond acceptors (Lipinski definition) is 2. The molecular weight excluding hydrogens is 236 g/mol. The van der Waals surface area contributed by atoms with Crippen LogP contribution in [-0.4, -0.2) is 27.0 Å². The fraction of sp³-hybridized carbons (Fsp3) is 0.100. The van der Waals surface area contributed by atoms with Crippen LogP contribution in [-0.2, 0) is 4.12 Å². The van der Waals surface area contributed by atoms with Crippen LogP contribution in [0.25, 0.3) is 5.57 Å². The predicted octanol–water partition coefficient (Wildman–Crippen LogP) is -0.720. The third-order valence-corrected chi connectivity index (χ3v) is 1.66. The molecule has 1 aromatic rings. The average molecular weight is 254 g/mol. The number of primary amides is 1. The molecule has 0 bridgehead atoms. The Labute approximate surface area is 102 Å². The minimum absolute atomic E-state index is 0.546. The monoisotopic (exact) mass is 254 g/mol. The number of carbonyl (C=O) groups excluding carboxylic acids is 1. The molecule has 0 aliphatic carbocycles. The molecule has 0 atom stereocenters. The van der Waals surface area contributed by atoms with Crippen LogP contribution in [0.4, 0.5) is 4.79 Å². The van der Waals surface area contributed by atoms with E-state index in [1.54, 1.807) is 6.20 Å². The number of benzene rings is 1. The Hall–Kier alpha value is -1.38. The Bertz CT molecular complexity index is 342. The van der Waals surface area contributed by atoms with Crippen LogP contribution in [0, 0.1) is 0 Å². The predicted molar refractivity (Wildman–Crippen MR) is 73.8 cm³/mol. The van der Waals surface area contributed by atoms with Crippen molar-refractivity contribution >= 4 is 32.6 Å². The number of nitrogens with one attached hydrogen (secondary N) is 1. The van der Waals surface area contributed by atoms with Gasteiger partial charge >= 0.3 is 6.03 Å². The lowest BCUT2D eigenvalue weighted by Gasteiger charge is -2.00. The molecule has 0 saturated heterocycles. The van der Waals surface area contributed by atoms with E-state index in [-0.39, 0.29) is 0 Å². The molecule has 6 heteroatoms. The molecule has 88 valence electrons. The van der Waals surface area contributed by atoms with E-state index in [0.29, 0.717) is 0 Å². The van der Waals surface area contributed by atoms with E-state index in [4.69, 9.17) is 5.73 Å². The summed E-state index contributed by atoms with van der Waals surface area (Å²) < 4.78 is 4.53. The second-order valence-electron chi connectivity index (χ2n) is 3.11. The van der Waals surface area contributed by atoms with E-state index in [9.17, 15) is 4.79 Å². The topological polar surface area (TPSA) is 64.3 Å². The van der Waals surface area contributed by atoms with Crippen LogP contribution in [0.15, 0.2) is 36.5 Å². The van der Waals surface area contributed by atoms with Gasteiger partial charge in [-0.3, -0.25) is 0 Å². The third-order valence-electron chi connectivity index (χ3n) is 1.66. The van der Waals surface area contributed by atoms with Crippen LogP contribution in [0.2, 0.25) is 0 Å². The Morgan fingerprint density at radius 1 is 1.38 bits per heavy atom. The van der Waals surface area contributed by atoms with Gasteiger partial charge in [-0.1, -0.05) is 30.3 Å². The van der Waals surface area contributed by atoms with E-state index in [1.807, 2.05) is 37.3 Å². The lowest BCUT2D eigenvalue weighted by atomic mass is 10.1. The normalized spacial score (nSPS) is 10.4. The molecule has 1 aromatic carbocycles. The van der Waals surface area contributed by atoms with Crippen molar-refractivity contribution in [3.63, 3.8) is 0 Å². The number of urea groups is 1. The number of amides is 2. The molecule has 0 aromatic heterocycles. The summed E-state index contributed by atoms with van der Waals surface area (Å²) in [6, 6.07) is 9.21. The summed E-state index contributed by atoms with van der Waals surface area (Å²) in [4.78, 5) is 10.4.